The summed E-state index contributed by atoms with van der Waals surface area (Å²) < 4.78 is 16.7. The lowest BCUT2D eigenvalue weighted by Crippen LogP contribution is -2.20. The lowest BCUT2D eigenvalue weighted by Gasteiger charge is -2.08. The number of para-hydroxylation sites is 1. The highest BCUT2D eigenvalue weighted by Gasteiger charge is 2.15. The molecule has 8 heteroatoms. The van der Waals surface area contributed by atoms with Crippen molar-refractivity contribution in [3.63, 3.8) is 0 Å². The molecule has 0 saturated carbocycles. The second-order valence-electron chi connectivity index (χ2n) is 3.34. The largest absolute Gasteiger partial charge is 0.435 e. The van der Waals surface area contributed by atoms with Crippen LogP contribution in [0.5, 0.6) is 5.88 Å². The van der Waals surface area contributed by atoms with Gasteiger partial charge in [-0.3, -0.25) is 4.79 Å². The van der Waals surface area contributed by atoms with Crippen molar-refractivity contribution in [2.75, 3.05) is 0 Å². The first-order valence-corrected chi connectivity index (χ1v) is 7.60. The Kier molecular flexibility index (Phi) is 3.56. The number of aromatic nitrogens is 2. The van der Waals surface area contributed by atoms with Gasteiger partial charge in [-0.1, -0.05) is 18.2 Å². The van der Waals surface area contributed by atoms with E-state index in [0.717, 1.165) is 4.68 Å². The fourth-order valence-corrected chi connectivity index (χ4v) is 1.91. The van der Waals surface area contributed by atoms with Crippen molar-refractivity contribution in [3.8, 4) is 11.6 Å². The molecule has 0 amide bonds. The zero-order chi connectivity index (χ0) is 13.2. The fraction of sp³-hybridized carbons (Fsp3) is 0. The lowest BCUT2D eigenvalue weighted by atomic mass is 10.3. The second-order valence-corrected chi connectivity index (χ2v) is 6.02. The highest BCUT2D eigenvalue weighted by atomic mass is 32.7. The van der Waals surface area contributed by atoms with Crippen LogP contribution >= 0.6 is 19.0 Å². The molecule has 0 fully saturated rings. The zero-order valence-corrected chi connectivity index (χ0v) is 10.8. The van der Waals surface area contributed by atoms with Gasteiger partial charge in [0.1, 0.15) is 0 Å². The highest BCUT2D eigenvalue weighted by molar-refractivity contribution is 8.44. The van der Waals surface area contributed by atoms with E-state index in [0.29, 0.717) is 5.69 Å². The first-order chi connectivity index (χ1) is 8.46. The summed E-state index contributed by atoms with van der Waals surface area (Å²) in [4.78, 5) is 20.6. The summed E-state index contributed by atoms with van der Waals surface area (Å²) in [6, 6.07) is 11.0. The van der Waals surface area contributed by atoms with E-state index in [1.165, 1.54) is 12.1 Å². The van der Waals surface area contributed by atoms with Crippen LogP contribution in [0.2, 0.25) is 0 Å². The van der Waals surface area contributed by atoms with Gasteiger partial charge in [-0.05, 0) is 24.4 Å². The van der Waals surface area contributed by atoms with Gasteiger partial charge in [-0.25, -0.2) is 4.57 Å². The molecule has 0 bridgehead atoms. The van der Waals surface area contributed by atoms with Gasteiger partial charge in [-0.15, -0.1) is 5.10 Å². The molecule has 0 spiro atoms. The van der Waals surface area contributed by atoms with Gasteiger partial charge in [0.05, 0.1) is 5.69 Å². The summed E-state index contributed by atoms with van der Waals surface area (Å²) in [6.07, 6.45) is 0. The van der Waals surface area contributed by atoms with E-state index in [4.69, 9.17) is 4.89 Å². The molecule has 6 nitrogen and oxygen atoms in total. The summed E-state index contributed by atoms with van der Waals surface area (Å²) in [5, 5.41) is 3.83. The Hall–Kier alpha value is -1.56. The molecule has 1 aromatic heterocycles. The topological polar surface area (TPSA) is 81.4 Å². The molecule has 1 heterocycles. The van der Waals surface area contributed by atoms with Crippen molar-refractivity contribution in [3.05, 3.63) is 52.8 Å². The number of hydrogen-bond acceptors (Lipinski definition) is 4. The molecule has 0 radical (unpaired) electrons. The van der Waals surface area contributed by atoms with E-state index in [1.54, 1.807) is 30.3 Å². The predicted octanol–water partition coefficient (Wildman–Crippen LogP) is 1.64. The summed E-state index contributed by atoms with van der Waals surface area (Å²) >= 11 is 3.38. The van der Waals surface area contributed by atoms with E-state index < -0.39 is 6.80 Å². The Bertz CT molecular complexity index is 652. The quantitative estimate of drug-likeness (QED) is 0.661. The third-order valence-electron chi connectivity index (χ3n) is 1.99. The van der Waals surface area contributed by atoms with Crippen LogP contribution in [0.1, 0.15) is 0 Å². The number of hydrogen-bond donors (Lipinski definition) is 2. The average molecular weight is 284 g/mol. The Morgan fingerprint density at radius 2 is 1.89 bits per heavy atom. The minimum absolute atomic E-state index is 0.153. The molecular weight excluding hydrogens is 275 g/mol. The number of thiol groups is 1. The van der Waals surface area contributed by atoms with Crippen LogP contribution in [0.4, 0.5) is 0 Å². The number of rotatable bonds is 3. The van der Waals surface area contributed by atoms with Crippen molar-refractivity contribution < 1.29 is 14.0 Å². The maximum atomic E-state index is 11.6. The van der Waals surface area contributed by atoms with Crippen molar-refractivity contribution in [1.29, 1.82) is 0 Å². The van der Waals surface area contributed by atoms with E-state index in [-0.39, 0.29) is 11.4 Å². The molecule has 0 aliphatic heterocycles. The van der Waals surface area contributed by atoms with Crippen LogP contribution < -0.4 is 10.1 Å². The molecule has 2 rings (SSSR count). The van der Waals surface area contributed by atoms with Gasteiger partial charge in [0.15, 0.2) is 0 Å². The van der Waals surface area contributed by atoms with Crippen LogP contribution in [-0.2, 0) is 4.57 Å². The van der Waals surface area contributed by atoms with Crippen LogP contribution in [0, 0.1) is 0 Å². The average Bonchev–Trinajstić information content (AvgIpc) is 2.31. The Morgan fingerprint density at radius 3 is 2.50 bits per heavy atom. The maximum absolute atomic E-state index is 11.6. The molecule has 0 saturated heterocycles. The van der Waals surface area contributed by atoms with E-state index in [9.17, 15) is 9.36 Å². The molecule has 1 N–H and O–H groups in total. The van der Waals surface area contributed by atoms with Gasteiger partial charge in [-0.2, -0.15) is 4.68 Å². The molecule has 1 atom stereocenters. The SMILES string of the molecule is O=c1ccc(OP(=O)(O)S)nn1-c1ccccc1. The minimum atomic E-state index is -4.00. The predicted molar refractivity (Wildman–Crippen MR) is 69.3 cm³/mol. The summed E-state index contributed by atoms with van der Waals surface area (Å²) in [7, 11) is 0. The van der Waals surface area contributed by atoms with E-state index in [1.807, 2.05) is 0 Å². The molecule has 18 heavy (non-hydrogen) atoms. The Labute approximate surface area is 108 Å². The van der Waals surface area contributed by atoms with Crippen molar-refractivity contribution in [1.82, 2.24) is 9.78 Å². The molecule has 2 aromatic rings. The van der Waals surface area contributed by atoms with Crippen LogP contribution in [-0.4, -0.2) is 14.7 Å². The van der Waals surface area contributed by atoms with Gasteiger partial charge in [0.2, 0.25) is 5.88 Å². The van der Waals surface area contributed by atoms with Gasteiger partial charge < -0.3 is 9.42 Å². The second kappa shape index (κ2) is 4.97. The smallest absolute Gasteiger partial charge is 0.397 e. The van der Waals surface area contributed by atoms with Gasteiger partial charge in [0, 0.05) is 12.1 Å². The van der Waals surface area contributed by atoms with Crippen LogP contribution in [0.15, 0.2) is 47.3 Å². The van der Waals surface area contributed by atoms with E-state index >= 15 is 0 Å². The van der Waals surface area contributed by atoms with Gasteiger partial charge in [0.25, 0.3) is 5.56 Å². The van der Waals surface area contributed by atoms with Crippen molar-refractivity contribution >= 4 is 19.0 Å². The first kappa shape index (κ1) is 12.9. The van der Waals surface area contributed by atoms with Crippen molar-refractivity contribution in [2.45, 2.75) is 0 Å². The normalized spacial score (nSPS) is 13.9. The summed E-state index contributed by atoms with van der Waals surface area (Å²) in [6.45, 7) is -4.00. The van der Waals surface area contributed by atoms with E-state index in [2.05, 4.69) is 21.9 Å². The molecule has 0 aliphatic rings. The zero-order valence-electron chi connectivity index (χ0n) is 9.00. The number of nitrogens with zero attached hydrogens (tertiary/aromatic N) is 2. The molecule has 1 aromatic carbocycles. The van der Waals surface area contributed by atoms with Crippen LogP contribution in [0.25, 0.3) is 5.69 Å². The number of benzene rings is 1. The Balaban J connectivity index is 2.46. The molecular formula is C10H9N2O4PS. The lowest BCUT2D eigenvalue weighted by molar-refractivity contribution is 0.392. The van der Waals surface area contributed by atoms with Gasteiger partial charge >= 0.3 is 6.80 Å². The fourth-order valence-electron chi connectivity index (χ4n) is 1.32. The molecule has 1 unspecified atom stereocenters. The highest BCUT2D eigenvalue weighted by Crippen LogP contribution is 2.46. The monoisotopic (exact) mass is 284 g/mol. The Morgan fingerprint density at radius 1 is 1.22 bits per heavy atom. The maximum Gasteiger partial charge on any atom is 0.435 e. The summed E-state index contributed by atoms with van der Waals surface area (Å²) in [5.74, 6) is -0.153. The minimum Gasteiger partial charge on any atom is -0.397 e. The summed E-state index contributed by atoms with van der Waals surface area (Å²) in [5.41, 5.74) is 0.153. The first-order valence-electron chi connectivity index (χ1n) is 4.87. The third kappa shape index (κ3) is 3.22. The molecule has 0 aliphatic carbocycles. The third-order valence-corrected chi connectivity index (χ3v) is 2.66. The standard InChI is InChI=1S/C10H9N2O4PS/c13-10-7-6-9(16-17(14,15)18)11-12(10)8-4-2-1-3-5-8/h1-7H,(H2,14,15,18). The van der Waals surface area contributed by atoms with Crippen LogP contribution in [0.3, 0.4) is 0 Å². The molecule has 94 valence electrons. The van der Waals surface area contributed by atoms with Crippen molar-refractivity contribution in [2.24, 2.45) is 0 Å².